The van der Waals surface area contributed by atoms with E-state index in [2.05, 4.69) is 0 Å². The number of aliphatic carboxylic acids is 1. The standard InChI is InChI=1S/C21H26N2O4/c1-21(2,3)27-20(26)16-10-11-23(18(16)22)17(19(24)25)15-9-8-13-6-4-5-7-14(13)12-15/h4-9,12,16-18H,10-11,22H2,1-3H3,(H,24,25)/t16-,17-,18-/m1/s1. The van der Waals surface area contributed by atoms with E-state index >= 15 is 0 Å². The summed E-state index contributed by atoms with van der Waals surface area (Å²) in [5, 5.41) is 11.9. The van der Waals surface area contributed by atoms with Crippen molar-refractivity contribution < 1.29 is 19.4 Å². The number of nitrogens with two attached hydrogens (primary N) is 1. The zero-order valence-corrected chi connectivity index (χ0v) is 15.9. The smallest absolute Gasteiger partial charge is 0.325 e. The monoisotopic (exact) mass is 370 g/mol. The van der Waals surface area contributed by atoms with Gasteiger partial charge in [-0.2, -0.15) is 0 Å². The number of hydrogen-bond acceptors (Lipinski definition) is 5. The van der Waals surface area contributed by atoms with Crippen LogP contribution in [-0.2, 0) is 14.3 Å². The molecule has 1 aliphatic rings. The van der Waals surface area contributed by atoms with Gasteiger partial charge in [0.1, 0.15) is 11.6 Å². The van der Waals surface area contributed by atoms with Crippen molar-refractivity contribution in [1.29, 1.82) is 0 Å². The lowest BCUT2D eigenvalue weighted by atomic mass is 10.00. The van der Waals surface area contributed by atoms with Crippen molar-refractivity contribution in [2.24, 2.45) is 11.7 Å². The minimum absolute atomic E-state index is 0.375. The van der Waals surface area contributed by atoms with Crippen molar-refractivity contribution in [2.75, 3.05) is 6.54 Å². The van der Waals surface area contributed by atoms with Crippen LogP contribution in [0.2, 0.25) is 0 Å². The number of nitrogens with zero attached hydrogens (tertiary/aromatic N) is 1. The molecule has 0 unspecified atom stereocenters. The van der Waals surface area contributed by atoms with E-state index in [-0.39, 0.29) is 5.97 Å². The summed E-state index contributed by atoms with van der Waals surface area (Å²) in [6.45, 7) is 5.84. The third-order valence-corrected chi connectivity index (χ3v) is 4.86. The molecule has 0 bridgehead atoms. The molecule has 2 aromatic carbocycles. The van der Waals surface area contributed by atoms with Crippen LogP contribution in [0.25, 0.3) is 10.8 Å². The van der Waals surface area contributed by atoms with Gasteiger partial charge in [-0.15, -0.1) is 0 Å². The average Bonchev–Trinajstić information content (AvgIpc) is 2.95. The Morgan fingerprint density at radius 3 is 2.48 bits per heavy atom. The molecule has 3 rings (SSSR count). The van der Waals surface area contributed by atoms with E-state index in [0.717, 1.165) is 10.8 Å². The molecule has 6 heteroatoms. The van der Waals surface area contributed by atoms with Crippen LogP contribution in [0, 0.1) is 5.92 Å². The number of rotatable bonds is 4. The molecule has 0 aliphatic carbocycles. The first-order valence-corrected chi connectivity index (χ1v) is 9.13. The minimum Gasteiger partial charge on any atom is -0.480 e. The fourth-order valence-corrected chi connectivity index (χ4v) is 3.63. The molecular weight excluding hydrogens is 344 g/mol. The fraction of sp³-hybridized carbons (Fsp3) is 0.429. The molecule has 0 saturated carbocycles. The second-order valence-electron chi connectivity index (χ2n) is 8.00. The molecule has 6 nitrogen and oxygen atoms in total. The van der Waals surface area contributed by atoms with E-state index in [4.69, 9.17) is 10.5 Å². The van der Waals surface area contributed by atoms with Crippen LogP contribution in [-0.4, -0.2) is 40.3 Å². The highest BCUT2D eigenvalue weighted by molar-refractivity contribution is 5.85. The van der Waals surface area contributed by atoms with Crippen LogP contribution in [0.15, 0.2) is 42.5 Å². The number of fused-ring (bicyclic) bond motifs is 1. The highest BCUT2D eigenvalue weighted by atomic mass is 16.6. The van der Waals surface area contributed by atoms with Gasteiger partial charge in [-0.25, -0.2) is 0 Å². The largest absolute Gasteiger partial charge is 0.480 e. The molecule has 2 aromatic rings. The maximum Gasteiger partial charge on any atom is 0.325 e. The molecule has 1 fully saturated rings. The molecule has 3 N–H and O–H groups in total. The third kappa shape index (κ3) is 4.12. The SMILES string of the molecule is CC(C)(C)OC(=O)[C@@H]1CCN([C@@H](C(=O)O)c2ccc3ccccc3c2)[C@H]1N. The molecule has 0 amide bonds. The third-order valence-electron chi connectivity index (χ3n) is 4.86. The van der Waals surface area contributed by atoms with Crippen LogP contribution < -0.4 is 5.73 Å². The normalized spacial score (nSPS) is 21.9. The summed E-state index contributed by atoms with van der Waals surface area (Å²) in [5.74, 6) is -1.89. The van der Waals surface area contributed by atoms with Crippen molar-refractivity contribution in [3.63, 3.8) is 0 Å². The second kappa shape index (κ2) is 7.29. The molecule has 0 spiro atoms. The van der Waals surface area contributed by atoms with Crippen LogP contribution in [0.5, 0.6) is 0 Å². The molecule has 3 atom stereocenters. The van der Waals surface area contributed by atoms with Crippen LogP contribution >= 0.6 is 0 Å². The number of carbonyl (C=O) groups is 2. The van der Waals surface area contributed by atoms with Gasteiger partial charge in [-0.1, -0.05) is 36.4 Å². The quantitative estimate of drug-likeness (QED) is 0.804. The van der Waals surface area contributed by atoms with Crippen molar-refractivity contribution in [3.05, 3.63) is 48.0 Å². The summed E-state index contributed by atoms with van der Waals surface area (Å²) in [5.41, 5.74) is 6.35. The Hall–Kier alpha value is -2.44. The molecule has 1 heterocycles. The lowest BCUT2D eigenvalue weighted by Gasteiger charge is -2.30. The first-order chi connectivity index (χ1) is 12.7. The van der Waals surface area contributed by atoms with E-state index in [9.17, 15) is 14.7 Å². The molecule has 1 aliphatic heterocycles. The Balaban J connectivity index is 1.87. The lowest BCUT2D eigenvalue weighted by Crippen LogP contribution is -2.47. The highest BCUT2D eigenvalue weighted by Gasteiger charge is 2.44. The Labute approximate surface area is 158 Å². The first-order valence-electron chi connectivity index (χ1n) is 9.13. The van der Waals surface area contributed by atoms with E-state index in [1.807, 2.05) is 42.5 Å². The number of likely N-dealkylation sites (tertiary alicyclic amines) is 1. The number of carboxylic acid groups (broad SMARTS) is 1. The van der Waals surface area contributed by atoms with Crippen molar-refractivity contribution in [2.45, 2.75) is 45.0 Å². The maximum atomic E-state index is 12.4. The molecule has 1 saturated heterocycles. The van der Waals surface area contributed by atoms with Gasteiger partial charge in [0.25, 0.3) is 0 Å². The van der Waals surface area contributed by atoms with Gasteiger partial charge in [0.2, 0.25) is 0 Å². The van der Waals surface area contributed by atoms with Gasteiger partial charge >= 0.3 is 11.9 Å². The lowest BCUT2D eigenvalue weighted by molar-refractivity contribution is -0.161. The summed E-state index contributed by atoms with van der Waals surface area (Å²) < 4.78 is 5.45. The number of carbonyl (C=O) groups excluding carboxylic acids is 1. The van der Waals surface area contributed by atoms with Gasteiger partial charge in [0.05, 0.1) is 12.1 Å². The highest BCUT2D eigenvalue weighted by Crippen LogP contribution is 2.33. The van der Waals surface area contributed by atoms with Crippen molar-refractivity contribution >= 4 is 22.7 Å². The number of ether oxygens (including phenoxy) is 1. The minimum atomic E-state index is -0.981. The Morgan fingerprint density at radius 1 is 1.19 bits per heavy atom. The van der Waals surface area contributed by atoms with Gasteiger partial charge in [-0.05, 0) is 49.6 Å². The first kappa shape index (κ1) is 19.3. The van der Waals surface area contributed by atoms with Crippen molar-refractivity contribution in [1.82, 2.24) is 4.90 Å². The average molecular weight is 370 g/mol. The number of esters is 1. The molecule has 0 aromatic heterocycles. The molecule has 144 valence electrons. The molecular formula is C21H26N2O4. The molecule has 27 heavy (non-hydrogen) atoms. The predicted octanol–water partition coefficient (Wildman–Crippen LogP) is 2.91. The summed E-state index contributed by atoms with van der Waals surface area (Å²) in [6, 6.07) is 12.5. The number of hydrogen-bond donors (Lipinski definition) is 2. The van der Waals surface area contributed by atoms with Gasteiger partial charge in [0, 0.05) is 6.54 Å². The number of carboxylic acids is 1. The maximum absolute atomic E-state index is 12.4. The van der Waals surface area contributed by atoms with E-state index < -0.39 is 29.7 Å². The van der Waals surface area contributed by atoms with Gasteiger partial charge in [0.15, 0.2) is 0 Å². The summed E-state index contributed by atoms with van der Waals surface area (Å²) in [7, 11) is 0. The zero-order valence-electron chi connectivity index (χ0n) is 15.9. The summed E-state index contributed by atoms with van der Waals surface area (Å²) >= 11 is 0. The topological polar surface area (TPSA) is 92.9 Å². The Bertz CT molecular complexity index is 859. The Morgan fingerprint density at radius 2 is 1.85 bits per heavy atom. The molecule has 0 radical (unpaired) electrons. The van der Waals surface area contributed by atoms with E-state index in [1.165, 1.54) is 0 Å². The van der Waals surface area contributed by atoms with Crippen LogP contribution in [0.1, 0.15) is 38.8 Å². The summed E-state index contributed by atoms with van der Waals surface area (Å²) in [4.78, 5) is 26.2. The van der Waals surface area contributed by atoms with Crippen LogP contribution in [0.3, 0.4) is 0 Å². The number of benzene rings is 2. The second-order valence-corrected chi connectivity index (χ2v) is 8.00. The van der Waals surface area contributed by atoms with Gasteiger partial charge in [-0.3, -0.25) is 14.5 Å². The van der Waals surface area contributed by atoms with Gasteiger partial charge < -0.3 is 15.6 Å². The predicted molar refractivity (Wildman–Crippen MR) is 103 cm³/mol. The van der Waals surface area contributed by atoms with E-state index in [0.29, 0.717) is 18.5 Å². The fourth-order valence-electron chi connectivity index (χ4n) is 3.63. The summed E-state index contributed by atoms with van der Waals surface area (Å²) in [6.07, 6.45) is -0.222. The van der Waals surface area contributed by atoms with Crippen LogP contribution in [0.4, 0.5) is 0 Å². The van der Waals surface area contributed by atoms with Crippen molar-refractivity contribution in [3.8, 4) is 0 Å². The van der Waals surface area contributed by atoms with E-state index in [1.54, 1.807) is 25.7 Å². The zero-order chi connectivity index (χ0) is 19.8. The Kier molecular flexibility index (Phi) is 5.22.